The molecular formula is C27H39N6O7Rb3. The molecule has 0 aromatic heterocycles. The molecule has 0 saturated carbocycles. The quantitative estimate of drug-likeness (QED) is 0.0625. The van der Waals surface area contributed by atoms with Crippen molar-refractivity contribution in [2.24, 2.45) is 0 Å². The molecule has 0 atom stereocenters. The van der Waals surface area contributed by atoms with Crippen molar-refractivity contribution in [3.63, 3.8) is 0 Å². The van der Waals surface area contributed by atoms with Crippen molar-refractivity contribution >= 4 is 41.6 Å². The minimum Gasteiger partial charge on any atom is -0.651 e. The number of amides is 6. The number of hydrogen-bond donors (Lipinski definition) is 3. The molecule has 1 rings (SSSR count). The molecule has 0 fully saturated rings. The first-order valence-corrected chi connectivity index (χ1v) is 13.3. The Labute approximate surface area is 400 Å². The van der Waals surface area contributed by atoms with Gasteiger partial charge in [0.1, 0.15) is 6.29 Å². The summed E-state index contributed by atoms with van der Waals surface area (Å²) in [5.74, 6) is -1.61. The molecule has 6 amide bonds. The number of nitrogens with one attached hydrogen (secondary N) is 3. The van der Waals surface area contributed by atoms with Crippen LogP contribution in [0.2, 0.25) is 0 Å². The van der Waals surface area contributed by atoms with Crippen LogP contribution in [0.25, 0.3) is 16.0 Å². The van der Waals surface area contributed by atoms with Crippen molar-refractivity contribution in [1.29, 1.82) is 0 Å². The van der Waals surface area contributed by atoms with Gasteiger partial charge >= 0.3 is 175 Å². The molecule has 0 bridgehead atoms. The zero-order valence-electron chi connectivity index (χ0n) is 26.0. The number of hydrogen-bond acceptors (Lipinski definition) is 7. The van der Waals surface area contributed by atoms with Crippen LogP contribution in [-0.2, 0) is 35.1 Å². The normalized spacial score (nSPS) is 9.51. The Morgan fingerprint density at radius 2 is 1.51 bits per heavy atom. The summed E-state index contributed by atoms with van der Waals surface area (Å²) in [6.45, 7) is 1.75. The van der Waals surface area contributed by atoms with Crippen LogP contribution in [0.5, 0.6) is 0 Å². The molecule has 0 aliphatic carbocycles. The van der Waals surface area contributed by atoms with Crippen molar-refractivity contribution in [2.45, 2.75) is 51.4 Å². The summed E-state index contributed by atoms with van der Waals surface area (Å²) >= 11 is 0. The summed E-state index contributed by atoms with van der Waals surface area (Å²) < 4.78 is 5.36. The third-order valence-electron chi connectivity index (χ3n) is 5.31. The molecule has 1 aromatic rings. The average Bonchev–Trinajstić information content (AvgIpc) is 2.93. The largest absolute Gasteiger partial charge is 1.00 e. The minimum absolute atomic E-state index is 0. The van der Waals surface area contributed by atoms with E-state index < -0.39 is 18.2 Å². The van der Waals surface area contributed by atoms with E-state index in [1.807, 2.05) is 0 Å². The number of ether oxygens (including phenoxy) is 1. The number of carbonyl (C=O) groups excluding carboxylic acids is 6. The molecule has 0 aliphatic heterocycles. The molecule has 0 radical (unpaired) electrons. The maximum Gasteiger partial charge on any atom is 1.00 e. The van der Waals surface area contributed by atoms with E-state index in [9.17, 15) is 28.8 Å². The second-order valence-corrected chi connectivity index (χ2v) is 8.67. The topological polar surface area (TPSA) is 190 Å². The fourth-order valence-corrected chi connectivity index (χ4v) is 3.21. The van der Waals surface area contributed by atoms with Gasteiger partial charge in [0.05, 0.1) is 18.2 Å². The third-order valence-corrected chi connectivity index (χ3v) is 5.31. The molecule has 0 spiro atoms. The van der Waals surface area contributed by atoms with Crippen molar-refractivity contribution in [2.75, 3.05) is 46.4 Å². The van der Waals surface area contributed by atoms with Gasteiger partial charge in [-0.15, -0.1) is 12.2 Å². The van der Waals surface area contributed by atoms with E-state index in [-0.39, 0.29) is 225 Å². The van der Waals surface area contributed by atoms with Gasteiger partial charge in [-0.25, -0.2) is 0 Å². The molecule has 0 heterocycles. The Kier molecular flexibility index (Phi) is 37.8. The fraction of sp³-hybridized carbons (Fsp3) is 0.556. The van der Waals surface area contributed by atoms with Crippen molar-refractivity contribution in [1.82, 2.24) is 16.0 Å². The Morgan fingerprint density at radius 1 is 0.791 bits per heavy atom. The summed E-state index contributed by atoms with van der Waals surface area (Å²) in [4.78, 5) is 68.8. The molecule has 0 unspecified atom stereocenters. The van der Waals surface area contributed by atoms with Gasteiger partial charge in [-0.3, -0.25) is 14.4 Å². The maximum atomic E-state index is 12.0. The Hall–Kier alpha value is 1.42. The van der Waals surface area contributed by atoms with E-state index in [0.29, 0.717) is 43.8 Å². The average molecular weight is 816 g/mol. The number of benzene rings is 1. The van der Waals surface area contributed by atoms with Crippen LogP contribution in [0.1, 0.15) is 50.5 Å². The van der Waals surface area contributed by atoms with Crippen LogP contribution in [0, 0.1) is 0 Å². The molecule has 1 aromatic carbocycles. The number of urea groups is 1. The van der Waals surface area contributed by atoms with Crippen molar-refractivity contribution in [3.05, 3.63) is 45.8 Å². The zero-order valence-corrected chi connectivity index (χ0v) is 40.7. The summed E-state index contributed by atoms with van der Waals surface area (Å²) in [6, 6.07) is 6.10. The third kappa shape index (κ3) is 29.3. The predicted octanol–water partition coefficient (Wildman–Crippen LogP) is -6.44. The van der Waals surface area contributed by atoms with Crippen molar-refractivity contribution in [3.8, 4) is 0 Å². The zero-order chi connectivity index (χ0) is 29.4. The second-order valence-electron chi connectivity index (χ2n) is 8.67. The molecule has 0 saturated heterocycles. The van der Waals surface area contributed by atoms with Crippen LogP contribution >= 0.6 is 0 Å². The van der Waals surface area contributed by atoms with E-state index in [2.05, 4.69) is 31.9 Å². The summed E-state index contributed by atoms with van der Waals surface area (Å²) in [6.07, 6.45) is 4.33. The molecule has 13 nitrogen and oxygen atoms in total. The van der Waals surface area contributed by atoms with E-state index in [4.69, 9.17) is 4.74 Å². The van der Waals surface area contributed by atoms with Gasteiger partial charge < -0.3 is 51.0 Å². The standard InChI is InChI=1S/C27H42N6O7.3Rb/c1-28-23(35)11-14-29-24(36)19-21-7-9-22(10-8-21)33-26(38)20-25(37)30-15-18-40-17-6-13-32-27(39)31-12-4-2-3-5-16-34;;;/h7-10,16H,2-6,11-15,17-20H2,1H3,(H6,28,29,30,31,32,33,35,36,37,38,39);;;/q;3*+1/p-3. The molecule has 43 heavy (non-hydrogen) atoms. The smallest absolute Gasteiger partial charge is 0.651 e. The summed E-state index contributed by atoms with van der Waals surface area (Å²) in [5.41, 5.74) is 1.07. The van der Waals surface area contributed by atoms with Crippen molar-refractivity contribution < 1.29 is 208 Å². The van der Waals surface area contributed by atoms with E-state index in [1.165, 1.54) is 7.05 Å². The number of aldehydes is 1. The van der Waals surface area contributed by atoms with Gasteiger partial charge in [0.15, 0.2) is 6.03 Å². The number of nitrogens with zero attached hydrogens (tertiary/aromatic N) is 3. The van der Waals surface area contributed by atoms with Crippen LogP contribution in [0.3, 0.4) is 0 Å². The Morgan fingerprint density at radius 3 is 2.19 bits per heavy atom. The Bertz CT molecular complexity index is 956. The minimum atomic E-state index is -0.629. The van der Waals surface area contributed by atoms with Gasteiger partial charge in [-0.1, -0.05) is 43.7 Å². The molecule has 16 heteroatoms. The van der Waals surface area contributed by atoms with Crippen LogP contribution < -0.4 is 191 Å². The molecule has 0 aliphatic rings. The van der Waals surface area contributed by atoms with Gasteiger partial charge in [-0.2, -0.15) is 0 Å². The monoisotopic (exact) mass is 814 g/mol. The van der Waals surface area contributed by atoms with E-state index >= 15 is 0 Å². The molecule has 222 valence electrons. The second kappa shape index (κ2) is 33.3. The first kappa shape index (κ1) is 48.8. The Balaban J connectivity index is -0.00000533. The van der Waals surface area contributed by atoms with E-state index in [0.717, 1.165) is 25.5 Å². The van der Waals surface area contributed by atoms with Gasteiger partial charge in [0, 0.05) is 46.1 Å². The fourth-order valence-electron chi connectivity index (χ4n) is 3.21. The van der Waals surface area contributed by atoms with E-state index in [1.54, 1.807) is 24.3 Å². The maximum absolute atomic E-state index is 12.0. The first-order chi connectivity index (χ1) is 19.3. The van der Waals surface area contributed by atoms with Gasteiger partial charge in [0.2, 0.25) is 11.8 Å². The summed E-state index contributed by atoms with van der Waals surface area (Å²) in [7, 11) is 1.53. The van der Waals surface area contributed by atoms with Crippen LogP contribution in [0.4, 0.5) is 10.5 Å². The number of unbranched alkanes of at least 4 members (excludes halogenated alkanes) is 3. The van der Waals surface area contributed by atoms with Crippen LogP contribution in [-0.4, -0.2) is 82.4 Å². The number of rotatable bonds is 21. The van der Waals surface area contributed by atoms with Crippen LogP contribution in [0.15, 0.2) is 24.3 Å². The summed E-state index contributed by atoms with van der Waals surface area (Å²) in [5, 5.41) is 19.3. The SMILES string of the molecule is CNC(=O)CCNC(=O)Cc1ccc([N-]C(=O)CC(=O)[N-]CCOCCC[N-]C(=O)NCCCCCC=O)cc1.[Rb+].[Rb+].[Rb+]. The first-order valence-electron chi connectivity index (χ1n) is 13.3. The number of carbonyl (C=O) groups is 6. The van der Waals surface area contributed by atoms with Gasteiger partial charge in [0.25, 0.3) is 0 Å². The predicted molar refractivity (Wildman–Crippen MR) is 149 cm³/mol. The van der Waals surface area contributed by atoms with Gasteiger partial charge in [-0.05, 0) is 24.9 Å². The molecular weight excluding hydrogens is 777 g/mol. The molecule has 3 N–H and O–H groups in total.